The van der Waals surface area contributed by atoms with Crippen LogP contribution in [0.2, 0.25) is 0 Å². The predicted molar refractivity (Wildman–Crippen MR) is 94.9 cm³/mol. The number of methoxy groups -OCH3 is 3. The molecule has 3 rings (SSSR count). The Bertz CT molecular complexity index is 816. The topological polar surface area (TPSA) is 43.5 Å². The Balaban J connectivity index is 2.03. The normalized spacial score (nSPS) is 10.8. The zero-order valence-corrected chi connectivity index (χ0v) is 14.9. The average molecular weight is 376 g/mol. The molecule has 0 unspecified atom stereocenters. The van der Waals surface area contributed by atoms with Crippen molar-refractivity contribution < 1.29 is 14.2 Å². The molecular weight excluding hydrogens is 358 g/mol. The monoisotopic (exact) mass is 375 g/mol. The van der Waals surface area contributed by atoms with Gasteiger partial charge in [-0.2, -0.15) is 0 Å². The first-order chi connectivity index (χ1) is 11.2. The van der Waals surface area contributed by atoms with Crippen LogP contribution < -0.4 is 14.2 Å². The van der Waals surface area contributed by atoms with Gasteiger partial charge in [0.25, 0.3) is 0 Å². The molecule has 0 atom stereocenters. The molecule has 120 valence electrons. The van der Waals surface area contributed by atoms with Crippen LogP contribution in [-0.4, -0.2) is 26.3 Å². The van der Waals surface area contributed by atoms with Gasteiger partial charge in [0.15, 0.2) is 11.5 Å². The highest BCUT2D eigenvalue weighted by molar-refractivity contribution is 9.10. The highest BCUT2D eigenvalue weighted by atomic mass is 79.9. The summed E-state index contributed by atoms with van der Waals surface area (Å²) < 4.78 is 17.3. The Morgan fingerprint density at radius 3 is 2.26 bits per heavy atom. The molecule has 5 heteroatoms. The quantitative estimate of drug-likeness (QED) is 0.711. The molecule has 1 N–H and O–H groups in total. The number of benzene rings is 2. The molecule has 0 radical (unpaired) electrons. The number of hydrogen-bond acceptors (Lipinski definition) is 3. The number of aromatic nitrogens is 1. The van der Waals surface area contributed by atoms with E-state index in [0.29, 0.717) is 17.2 Å². The maximum Gasteiger partial charge on any atom is 0.203 e. The van der Waals surface area contributed by atoms with Crippen LogP contribution in [0.5, 0.6) is 17.2 Å². The first kappa shape index (κ1) is 15.7. The van der Waals surface area contributed by atoms with E-state index in [0.717, 1.165) is 22.0 Å². The minimum atomic E-state index is 0.612. The van der Waals surface area contributed by atoms with Crippen molar-refractivity contribution in [3.63, 3.8) is 0 Å². The number of rotatable bonds is 5. The lowest BCUT2D eigenvalue weighted by Gasteiger charge is -2.14. The Labute approximate surface area is 143 Å². The molecule has 1 heterocycles. The fraction of sp³-hybridized carbons (Fsp3) is 0.222. The number of nitrogens with one attached hydrogen (secondary N) is 1. The molecule has 0 aliphatic rings. The van der Waals surface area contributed by atoms with Crippen molar-refractivity contribution in [3.05, 3.63) is 52.1 Å². The van der Waals surface area contributed by atoms with E-state index in [2.05, 4.69) is 33.0 Å². The van der Waals surface area contributed by atoms with Crippen molar-refractivity contribution in [2.45, 2.75) is 6.42 Å². The summed E-state index contributed by atoms with van der Waals surface area (Å²) in [6.45, 7) is 0. The number of halogens is 1. The summed E-state index contributed by atoms with van der Waals surface area (Å²) in [5.74, 6) is 1.95. The van der Waals surface area contributed by atoms with Crippen LogP contribution >= 0.6 is 15.9 Å². The van der Waals surface area contributed by atoms with Crippen molar-refractivity contribution in [2.24, 2.45) is 0 Å². The van der Waals surface area contributed by atoms with Crippen molar-refractivity contribution in [1.82, 2.24) is 4.98 Å². The van der Waals surface area contributed by atoms with Crippen LogP contribution in [0.4, 0.5) is 0 Å². The van der Waals surface area contributed by atoms with Gasteiger partial charge in [0.05, 0.1) is 21.3 Å². The predicted octanol–water partition coefficient (Wildman–Crippen LogP) is 4.55. The van der Waals surface area contributed by atoms with E-state index in [1.807, 2.05) is 24.4 Å². The lowest BCUT2D eigenvalue weighted by atomic mass is 10.0. The van der Waals surface area contributed by atoms with E-state index in [9.17, 15) is 0 Å². The fourth-order valence-corrected chi connectivity index (χ4v) is 3.12. The Morgan fingerprint density at radius 1 is 0.957 bits per heavy atom. The lowest BCUT2D eigenvalue weighted by molar-refractivity contribution is 0.324. The molecule has 2 aromatic carbocycles. The third-order valence-corrected chi connectivity index (χ3v) is 4.34. The van der Waals surface area contributed by atoms with Gasteiger partial charge in [-0.25, -0.2) is 0 Å². The fourth-order valence-electron chi connectivity index (χ4n) is 2.75. The molecule has 0 bridgehead atoms. The van der Waals surface area contributed by atoms with Gasteiger partial charge in [0.2, 0.25) is 5.75 Å². The number of hydrogen-bond donors (Lipinski definition) is 1. The van der Waals surface area contributed by atoms with E-state index < -0.39 is 0 Å². The SMILES string of the molecule is COc1cc(Cc2c[nH]c3ccc(Br)cc23)cc(OC)c1OC. The lowest BCUT2D eigenvalue weighted by Crippen LogP contribution is -1.97. The zero-order valence-electron chi connectivity index (χ0n) is 13.3. The van der Waals surface area contributed by atoms with E-state index in [4.69, 9.17) is 14.2 Å². The largest absolute Gasteiger partial charge is 0.493 e. The van der Waals surface area contributed by atoms with Crippen LogP contribution in [-0.2, 0) is 6.42 Å². The van der Waals surface area contributed by atoms with Crippen LogP contribution in [0, 0.1) is 0 Å². The van der Waals surface area contributed by atoms with Gasteiger partial charge in [-0.15, -0.1) is 0 Å². The van der Waals surface area contributed by atoms with Crippen LogP contribution in [0.15, 0.2) is 41.0 Å². The summed E-state index contributed by atoms with van der Waals surface area (Å²) >= 11 is 3.53. The molecule has 3 aromatic rings. The highest BCUT2D eigenvalue weighted by Crippen LogP contribution is 2.39. The number of ether oxygens (including phenoxy) is 3. The van der Waals surface area contributed by atoms with E-state index in [1.165, 1.54) is 10.9 Å². The molecule has 0 saturated heterocycles. The van der Waals surface area contributed by atoms with Gasteiger partial charge in [-0.05, 0) is 47.9 Å². The molecule has 0 spiro atoms. The smallest absolute Gasteiger partial charge is 0.203 e. The molecule has 0 aliphatic heterocycles. The minimum Gasteiger partial charge on any atom is -0.493 e. The van der Waals surface area contributed by atoms with Crippen LogP contribution in [0.3, 0.4) is 0 Å². The summed E-state index contributed by atoms with van der Waals surface area (Å²) in [6, 6.07) is 10.2. The number of H-pyrrole nitrogens is 1. The third kappa shape index (κ3) is 3.01. The second-order valence-electron chi connectivity index (χ2n) is 5.21. The summed E-state index contributed by atoms with van der Waals surface area (Å²) in [7, 11) is 4.87. The maximum atomic E-state index is 5.42. The summed E-state index contributed by atoms with van der Waals surface area (Å²) in [6.07, 6.45) is 2.81. The second-order valence-corrected chi connectivity index (χ2v) is 6.13. The third-order valence-electron chi connectivity index (χ3n) is 3.85. The standard InChI is InChI=1S/C18H18BrNO3/c1-21-16-7-11(8-17(22-2)18(16)23-3)6-12-10-20-15-5-4-13(19)9-14(12)15/h4-5,7-10,20H,6H2,1-3H3. The van der Waals surface area contributed by atoms with Gasteiger partial charge in [0.1, 0.15) is 0 Å². The molecular formula is C18H18BrNO3. The van der Waals surface area contributed by atoms with Crippen molar-refractivity contribution in [3.8, 4) is 17.2 Å². The van der Waals surface area contributed by atoms with Gasteiger partial charge < -0.3 is 19.2 Å². The first-order valence-electron chi connectivity index (χ1n) is 7.20. The van der Waals surface area contributed by atoms with Gasteiger partial charge in [-0.3, -0.25) is 0 Å². The van der Waals surface area contributed by atoms with Crippen LogP contribution in [0.25, 0.3) is 10.9 Å². The summed E-state index contributed by atoms with van der Waals surface area (Å²) in [5, 5.41) is 1.20. The summed E-state index contributed by atoms with van der Waals surface area (Å²) in [5.41, 5.74) is 3.44. The van der Waals surface area contributed by atoms with E-state index >= 15 is 0 Å². The second kappa shape index (κ2) is 6.54. The average Bonchev–Trinajstić information content (AvgIpc) is 2.96. The number of aromatic amines is 1. The maximum absolute atomic E-state index is 5.42. The Kier molecular flexibility index (Phi) is 4.48. The zero-order chi connectivity index (χ0) is 16.4. The molecule has 0 amide bonds. The van der Waals surface area contributed by atoms with Crippen molar-refractivity contribution in [1.29, 1.82) is 0 Å². The highest BCUT2D eigenvalue weighted by Gasteiger charge is 2.14. The Hall–Kier alpha value is -2.14. The van der Waals surface area contributed by atoms with Crippen molar-refractivity contribution in [2.75, 3.05) is 21.3 Å². The molecule has 0 saturated carbocycles. The first-order valence-corrected chi connectivity index (χ1v) is 8.00. The van der Waals surface area contributed by atoms with E-state index in [1.54, 1.807) is 21.3 Å². The van der Waals surface area contributed by atoms with Gasteiger partial charge in [0, 0.05) is 21.6 Å². The van der Waals surface area contributed by atoms with Crippen LogP contribution in [0.1, 0.15) is 11.1 Å². The summed E-state index contributed by atoms with van der Waals surface area (Å²) in [4.78, 5) is 3.31. The molecule has 4 nitrogen and oxygen atoms in total. The Morgan fingerprint density at radius 2 is 1.65 bits per heavy atom. The minimum absolute atomic E-state index is 0.612. The molecule has 1 aromatic heterocycles. The molecule has 0 fully saturated rings. The van der Waals surface area contributed by atoms with Crippen molar-refractivity contribution >= 4 is 26.8 Å². The van der Waals surface area contributed by atoms with Gasteiger partial charge in [-0.1, -0.05) is 15.9 Å². The number of fused-ring (bicyclic) bond motifs is 1. The van der Waals surface area contributed by atoms with E-state index in [-0.39, 0.29) is 0 Å². The van der Waals surface area contributed by atoms with Gasteiger partial charge >= 0.3 is 0 Å². The molecule has 0 aliphatic carbocycles. The molecule has 23 heavy (non-hydrogen) atoms.